The zero-order chi connectivity index (χ0) is 14.5. The van der Waals surface area contributed by atoms with Gasteiger partial charge in [-0.15, -0.1) is 0 Å². The lowest BCUT2D eigenvalue weighted by Gasteiger charge is -2.23. The van der Waals surface area contributed by atoms with Crippen LogP contribution in [0.25, 0.3) is 0 Å². The van der Waals surface area contributed by atoms with Crippen LogP contribution in [-0.4, -0.2) is 14.1 Å². The first-order chi connectivity index (χ1) is 9.60. The summed E-state index contributed by atoms with van der Waals surface area (Å²) in [5.74, 6) is 0. The minimum absolute atomic E-state index is 0.861. The molecule has 0 spiro atoms. The number of rotatable bonds is 5. The van der Waals surface area contributed by atoms with Gasteiger partial charge in [-0.05, 0) is 48.5 Å². The van der Waals surface area contributed by atoms with E-state index in [0.29, 0.717) is 0 Å². The summed E-state index contributed by atoms with van der Waals surface area (Å²) in [5.41, 5.74) is 3.85. The molecule has 2 nitrogen and oxygen atoms in total. The van der Waals surface area contributed by atoms with E-state index in [-0.39, 0.29) is 0 Å². The lowest BCUT2D eigenvalue weighted by molar-refractivity contribution is 0.805. The first kappa shape index (κ1) is 15.5. The Kier molecular flexibility index (Phi) is 5.64. The molecule has 0 radical (unpaired) electrons. The standard InChI is InChI=1S/C16H18Br2N2/c1-19-10-13-9-15(18)7-8-16(13)20(2)11-12-3-5-14(17)6-4-12/h3-9,19H,10-11H2,1-2H3. The molecule has 0 aliphatic rings. The highest BCUT2D eigenvalue weighted by Gasteiger charge is 2.08. The average Bonchev–Trinajstić information content (AvgIpc) is 2.42. The van der Waals surface area contributed by atoms with E-state index < -0.39 is 0 Å². The number of hydrogen-bond donors (Lipinski definition) is 1. The van der Waals surface area contributed by atoms with Crippen molar-refractivity contribution in [2.45, 2.75) is 13.1 Å². The van der Waals surface area contributed by atoms with Crippen LogP contribution >= 0.6 is 31.9 Å². The molecular weight excluding hydrogens is 380 g/mol. The minimum atomic E-state index is 0.861. The molecule has 0 amide bonds. The van der Waals surface area contributed by atoms with E-state index in [9.17, 15) is 0 Å². The van der Waals surface area contributed by atoms with Gasteiger partial charge in [0.2, 0.25) is 0 Å². The Morgan fingerprint density at radius 1 is 1.00 bits per heavy atom. The molecule has 20 heavy (non-hydrogen) atoms. The monoisotopic (exact) mass is 396 g/mol. The molecular formula is C16H18Br2N2. The predicted molar refractivity (Wildman–Crippen MR) is 93.2 cm³/mol. The highest BCUT2D eigenvalue weighted by Crippen LogP contribution is 2.25. The highest BCUT2D eigenvalue weighted by molar-refractivity contribution is 9.10. The van der Waals surface area contributed by atoms with E-state index in [1.807, 2.05) is 7.05 Å². The summed E-state index contributed by atoms with van der Waals surface area (Å²) in [6.07, 6.45) is 0. The lowest BCUT2D eigenvalue weighted by Crippen LogP contribution is -2.19. The maximum Gasteiger partial charge on any atom is 0.0426 e. The molecule has 106 valence electrons. The van der Waals surface area contributed by atoms with Gasteiger partial charge in [0.15, 0.2) is 0 Å². The fourth-order valence-electron chi connectivity index (χ4n) is 2.21. The minimum Gasteiger partial charge on any atom is -0.370 e. The van der Waals surface area contributed by atoms with Crippen molar-refractivity contribution in [1.29, 1.82) is 0 Å². The van der Waals surface area contributed by atoms with Crippen molar-refractivity contribution in [2.75, 3.05) is 19.0 Å². The van der Waals surface area contributed by atoms with Gasteiger partial charge in [-0.2, -0.15) is 0 Å². The number of nitrogens with zero attached hydrogens (tertiary/aromatic N) is 1. The molecule has 2 aromatic carbocycles. The van der Waals surface area contributed by atoms with E-state index in [4.69, 9.17) is 0 Å². The summed E-state index contributed by atoms with van der Waals surface area (Å²) in [7, 11) is 4.10. The number of anilines is 1. The smallest absolute Gasteiger partial charge is 0.0426 e. The van der Waals surface area contributed by atoms with Crippen LogP contribution in [0.1, 0.15) is 11.1 Å². The van der Waals surface area contributed by atoms with Gasteiger partial charge in [0.05, 0.1) is 0 Å². The van der Waals surface area contributed by atoms with Gasteiger partial charge in [0.25, 0.3) is 0 Å². The maximum atomic E-state index is 3.54. The van der Waals surface area contributed by atoms with Gasteiger partial charge in [-0.25, -0.2) is 0 Å². The third-order valence-corrected chi connectivity index (χ3v) is 4.17. The zero-order valence-corrected chi connectivity index (χ0v) is 14.8. The Hall–Kier alpha value is -0.840. The molecule has 0 aliphatic carbocycles. The predicted octanol–water partition coefficient (Wildman–Crippen LogP) is 4.57. The van der Waals surface area contributed by atoms with Gasteiger partial charge < -0.3 is 10.2 Å². The van der Waals surface area contributed by atoms with Crippen LogP contribution in [0, 0.1) is 0 Å². The van der Waals surface area contributed by atoms with Crippen LogP contribution in [0.4, 0.5) is 5.69 Å². The Labute approximate surface area is 137 Å². The summed E-state index contributed by atoms with van der Waals surface area (Å²) in [6, 6.07) is 14.9. The highest BCUT2D eigenvalue weighted by atomic mass is 79.9. The fraction of sp³-hybridized carbons (Fsp3) is 0.250. The summed E-state index contributed by atoms with van der Waals surface area (Å²) in [6.45, 7) is 1.76. The molecule has 0 atom stereocenters. The number of halogens is 2. The van der Waals surface area contributed by atoms with E-state index in [0.717, 1.165) is 22.0 Å². The van der Waals surface area contributed by atoms with Crippen molar-refractivity contribution < 1.29 is 0 Å². The molecule has 0 bridgehead atoms. The van der Waals surface area contributed by atoms with Crippen LogP contribution in [0.5, 0.6) is 0 Å². The van der Waals surface area contributed by atoms with Gasteiger partial charge in [-0.3, -0.25) is 0 Å². The van der Waals surface area contributed by atoms with Crippen molar-refractivity contribution in [1.82, 2.24) is 5.32 Å². The van der Waals surface area contributed by atoms with E-state index in [1.54, 1.807) is 0 Å². The summed E-state index contributed by atoms with van der Waals surface area (Å²) in [5, 5.41) is 3.22. The Morgan fingerprint density at radius 3 is 2.30 bits per heavy atom. The molecule has 2 aromatic rings. The summed E-state index contributed by atoms with van der Waals surface area (Å²) in [4.78, 5) is 2.28. The van der Waals surface area contributed by atoms with Gasteiger partial charge in [0, 0.05) is 34.8 Å². The van der Waals surface area contributed by atoms with E-state index >= 15 is 0 Å². The number of nitrogens with one attached hydrogen (secondary N) is 1. The van der Waals surface area contributed by atoms with Crippen molar-refractivity contribution in [3.63, 3.8) is 0 Å². The topological polar surface area (TPSA) is 15.3 Å². The number of benzene rings is 2. The lowest BCUT2D eigenvalue weighted by atomic mass is 10.1. The molecule has 4 heteroatoms. The number of hydrogen-bond acceptors (Lipinski definition) is 2. The Balaban J connectivity index is 2.19. The first-order valence-corrected chi connectivity index (χ1v) is 8.07. The Bertz CT molecular complexity index is 567. The van der Waals surface area contributed by atoms with Gasteiger partial charge in [0.1, 0.15) is 0 Å². The molecule has 1 N–H and O–H groups in total. The SMILES string of the molecule is CNCc1cc(Br)ccc1N(C)Cc1ccc(Br)cc1. The molecule has 0 saturated carbocycles. The Morgan fingerprint density at radius 2 is 1.65 bits per heavy atom. The molecule has 0 aromatic heterocycles. The van der Waals surface area contributed by atoms with Crippen LogP contribution in [0.2, 0.25) is 0 Å². The van der Waals surface area contributed by atoms with E-state index in [1.165, 1.54) is 16.8 Å². The third-order valence-electron chi connectivity index (χ3n) is 3.15. The second-order valence-electron chi connectivity index (χ2n) is 4.79. The van der Waals surface area contributed by atoms with Crippen LogP contribution in [0.15, 0.2) is 51.4 Å². The van der Waals surface area contributed by atoms with Crippen molar-refractivity contribution in [3.8, 4) is 0 Å². The van der Waals surface area contributed by atoms with Crippen LogP contribution in [-0.2, 0) is 13.1 Å². The van der Waals surface area contributed by atoms with Gasteiger partial charge >= 0.3 is 0 Å². The van der Waals surface area contributed by atoms with Crippen LogP contribution < -0.4 is 10.2 Å². The third kappa shape index (κ3) is 4.08. The molecule has 0 fully saturated rings. The first-order valence-electron chi connectivity index (χ1n) is 6.49. The fourth-order valence-corrected chi connectivity index (χ4v) is 2.88. The average molecular weight is 398 g/mol. The summed E-state index contributed by atoms with van der Waals surface area (Å²) >= 11 is 7.01. The van der Waals surface area contributed by atoms with Crippen molar-refractivity contribution in [2.24, 2.45) is 0 Å². The van der Waals surface area contributed by atoms with E-state index in [2.05, 4.69) is 91.6 Å². The molecule has 0 aliphatic heterocycles. The molecule has 0 saturated heterocycles. The summed E-state index contributed by atoms with van der Waals surface area (Å²) < 4.78 is 2.23. The quantitative estimate of drug-likeness (QED) is 0.794. The maximum absolute atomic E-state index is 3.54. The van der Waals surface area contributed by atoms with Crippen molar-refractivity contribution in [3.05, 3.63) is 62.5 Å². The molecule has 2 rings (SSSR count). The van der Waals surface area contributed by atoms with Gasteiger partial charge in [-0.1, -0.05) is 44.0 Å². The second-order valence-corrected chi connectivity index (χ2v) is 6.62. The zero-order valence-electron chi connectivity index (χ0n) is 11.7. The molecule has 0 unspecified atom stereocenters. The van der Waals surface area contributed by atoms with Crippen molar-refractivity contribution >= 4 is 37.5 Å². The van der Waals surface area contributed by atoms with Crippen LogP contribution in [0.3, 0.4) is 0 Å². The molecule has 0 heterocycles. The largest absolute Gasteiger partial charge is 0.370 e. The second kappa shape index (κ2) is 7.25. The normalized spacial score (nSPS) is 10.6.